The van der Waals surface area contributed by atoms with Crippen LogP contribution in [-0.2, 0) is 17.6 Å². The first-order valence-electron chi connectivity index (χ1n) is 11.5. The highest BCUT2D eigenvalue weighted by atomic mass is 16.5. The van der Waals surface area contributed by atoms with Gasteiger partial charge in [0.1, 0.15) is 0 Å². The van der Waals surface area contributed by atoms with Crippen LogP contribution >= 0.6 is 0 Å². The molecule has 1 saturated heterocycles. The van der Waals surface area contributed by atoms with E-state index in [1.807, 2.05) is 12.1 Å². The maximum Gasteiger partial charge on any atom is 0.251 e. The number of amides is 1. The van der Waals surface area contributed by atoms with E-state index in [2.05, 4.69) is 65.3 Å². The second kappa shape index (κ2) is 8.72. The van der Waals surface area contributed by atoms with E-state index >= 15 is 0 Å². The smallest absolute Gasteiger partial charge is 0.251 e. The topological polar surface area (TPSA) is 43.3 Å². The van der Waals surface area contributed by atoms with Gasteiger partial charge in [-0.2, -0.15) is 0 Å². The van der Waals surface area contributed by atoms with Gasteiger partial charge in [0, 0.05) is 30.1 Å². The van der Waals surface area contributed by atoms with Crippen LogP contribution in [0.1, 0.15) is 47.8 Å². The first-order chi connectivity index (χ1) is 15.2. The van der Waals surface area contributed by atoms with Crippen LogP contribution in [-0.4, -0.2) is 29.7 Å². The average Bonchev–Trinajstić information content (AvgIpc) is 3.46. The van der Waals surface area contributed by atoms with Crippen molar-refractivity contribution in [2.75, 3.05) is 13.2 Å². The Morgan fingerprint density at radius 2 is 1.90 bits per heavy atom. The summed E-state index contributed by atoms with van der Waals surface area (Å²) < 4.78 is 8.00. The van der Waals surface area contributed by atoms with Gasteiger partial charge in [-0.15, -0.1) is 0 Å². The van der Waals surface area contributed by atoms with Gasteiger partial charge in [-0.1, -0.05) is 37.3 Å². The van der Waals surface area contributed by atoms with E-state index in [4.69, 9.17) is 4.74 Å². The summed E-state index contributed by atoms with van der Waals surface area (Å²) in [5, 5.41) is 3.02. The zero-order chi connectivity index (χ0) is 21.2. The monoisotopic (exact) mass is 414 g/mol. The average molecular weight is 415 g/mol. The molecule has 2 atom stereocenters. The second-order valence-corrected chi connectivity index (χ2v) is 8.94. The van der Waals surface area contributed by atoms with Crippen LogP contribution in [0, 0.1) is 5.92 Å². The summed E-state index contributed by atoms with van der Waals surface area (Å²) in [5.74, 6) is 0.690. The maximum absolute atomic E-state index is 12.6. The zero-order valence-corrected chi connectivity index (χ0v) is 18.1. The molecule has 4 nitrogen and oxygen atoms in total. The molecule has 1 aromatic heterocycles. The lowest BCUT2D eigenvalue weighted by atomic mass is 9.89. The molecule has 4 heteroatoms. The predicted octanol–water partition coefficient (Wildman–Crippen LogP) is 5.18. The number of nitrogens with zero attached hydrogens (tertiary/aromatic N) is 1. The number of ether oxygens (including phenoxy) is 1. The summed E-state index contributed by atoms with van der Waals surface area (Å²) in [6.45, 7) is 3.73. The normalized spacial score (nSPS) is 20.4. The third-order valence-corrected chi connectivity index (χ3v) is 6.61. The molecule has 2 aromatic carbocycles. The summed E-state index contributed by atoms with van der Waals surface area (Å²) in [4.78, 5) is 12.6. The Bertz CT molecular complexity index is 1050. The van der Waals surface area contributed by atoms with Crippen LogP contribution in [0.15, 0.2) is 60.7 Å². The second-order valence-electron chi connectivity index (χ2n) is 8.94. The Hall–Kier alpha value is -2.85. The number of hydrogen-bond donors (Lipinski definition) is 1. The number of carbonyl (C=O) groups excluding carboxylic acids is 1. The van der Waals surface area contributed by atoms with E-state index in [-0.39, 0.29) is 12.0 Å². The molecule has 0 bridgehead atoms. The molecule has 0 saturated carbocycles. The standard InChI is InChI=1S/C27H30N2O2/c1-19-9-14-25-22(16-19)17-26(20-6-3-2-4-7-20)29(25)23-12-10-21(11-13-23)27(30)28-18-24-8-5-15-31-24/h2-4,6-7,10-13,17,19,24H,5,8-9,14-16,18H2,1H3,(H,28,30)/t19-,24-/m1/s1. The molecule has 0 spiro atoms. The molecule has 1 aliphatic carbocycles. The Morgan fingerprint density at radius 1 is 1.10 bits per heavy atom. The zero-order valence-electron chi connectivity index (χ0n) is 18.1. The van der Waals surface area contributed by atoms with Crippen LogP contribution in [0.2, 0.25) is 0 Å². The van der Waals surface area contributed by atoms with Gasteiger partial charge >= 0.3 is 0 Å². The highest BCUT2D eigenvalue weighted by molar-refractivity contribution is 5.94. The quantitative estimate of drug-likeness (QED) is 0.625. The van der Waals surface area contributed by atoms with Crippen molar-refractivity contribution in [2.24, 2.45) is 5.92 Å². The number of fused-ring (bicyclic) bond motifs is 1. The van der Waals surface area contributed by atoms with Gasteiger partial charge in [-0.3, -0.25) is 4.79 Å². The van der Waals surface area contributed by atoms with Gasteiger partial charge in [-0.05, 0) is 79.5 Å². The van der Waals surface area contributed by atoms with E-state index in [0.29, 0.717) is 12.1 Å². The largest absolute Gasteiger partial charge is 0.376 e. The SMILES string of the molecule is C[C@@H]1CCc2c(cc(-c3ccccc3)n2-c2ccc(C(=O)NC[C@H]3CCCO3)cc2)C1. The van der Waals surface area contributed by atoms with E-state index in [9.17, 15) is 4.79 Å². The molecular formula is C27H30N2O2. The van der Waals surface area contributed by atoms with Crippen LogP contribution < -0.4 is 5.32 Å². The summed E-state index contributed by atoms with van der Waals surface area (Å²) in [6.07, 6.45) is 5.71. The van der Waals surface area contributed by atoms with Gasteiger partial charge in [0.15, 0.2) is 0 Å². The Morgan fingerprint density at radius 3 is 2.65 bits per heavy atom. The molecule has 1 amide bonds. The van der Waals surface area contributed by atoms with Crippen molar-refractivity contribution in [3.8, 4) is 16.9 Å². The fourth-order valence-electron chi connectivity index (χ4n) is 4.90. The number of hydrogen-bond acceptors (Lipinski definition) is 2. The lowest BCUT2D eigenvalue weighted by Crippen LogP contribution is -2.31. The van der Waals surface area contributed by atoms with Gasteiger partial charge in [0.25, 0.3) is 5.91 Å². The van der Waals surface area contributed by atoms with Crippen LogP contribution in [0.3, 0.4) is 0 Å². The molecule has 1 aliphatic heterocycles. The summed E-state index contributed by atoms with van der Waals surface area (Å²) >= 11 is 0. The maximum atomic E-state index is 12.6. The highest BCUT2D eigenvalue weighted by Gasteiger charge is 2.23. The van der Waals surface area contributed by atoms with Crippen LogP contribution in [0.25, 0.3) is 16.9 Å². The van der Waals surface area contributed by atoms with Gasteiger partial charge in [0.05, 0.1) is 11.8 Å². The minimum Gasteiger partial charge on any atom is -0.376 e. The van der Waals surface area contributed by atoms with E-state index < -0.39 is 0 Å². The van der Waals surface area contributed by atoms with E-state index in [1.54, 1.807) is 0 Å². The molecule has 0 unspecified atom stereocenters. The Balaban J connectivity index is 1.43. The molecule has 0 radical (unpaired) electrons. The number of carbonyl (C=O) groups is 1. The molecule has 160 valence electrons. The van der Waals surface area contributed by atoms with Crippen LogP contribution in [0.5, 0.6) is 0 Å². The minimum absolute atomic E-state index is 0.0336. The third-order valence-electron chi connectivity index (χ3n) is 6.61. The molecule has 31 heavy (non-hydrogen) atoms. The predicted molar refractivity (Wildman–Crippen MR) is 124 cm³/mol. The van der Waals surface area contributed by atoms with Gasteiger partial charge in [-0.25, -0.2) is 0 Å². The summed E-state index contributed by atoms with van der Waals surface area (Å²) in [7, 11) is 0. The van der Waals surface area contributed by atoms with Crippen molar-refractivity contribution in [2.45, 2.75) is 45.1 Å². The van der Waals surface area contributed by atoms with Crippen molar-refractivity contribution in [3.63, 3.8) is 0 Å². The highest BCUT2D eigenvalue weighted by Crippen LogP contribution is 2.35. The van der Waals surface area contributed by atoms with Gasteiger partial charge < -0.3 is 14.6 Å². The molecule has 3 aromatic rings. The van der Waals surface area contributed by atoms with Gasteiger partial charge in [0.2, 0.25) is 0 Å². The first-order valence-corrected chi connectivity index (χ1v) is 11.5. The first kappa shape index (κ1) is 20.1. The lowest BCUT2D eigenvalue weighted by Gasteiger charge is -2.21. The number of aromatic nitrogens is 1. The summed E-state index contributed by atoms with van der Waals surface area (Å²) in [5.41, 5.74) is 7.13. The van der Waals surface area contributed by atoms with Crippen molar-refractivity contribution in [1.82, 2.24) is 9.88 Å². The van der Waals surface area contributed by atoms with Crippen molar-refractivity contribution >= 4 is 5.91 Å². The van der Waals surface area contributed by atoms with Crippen molar-refractivity contribution in [1.29, 1.82) is 0 Å². The molecule has 2 aliphatic rings. The van der Waals surface area contributed by atoms with E-state index in [1.165, 1.54) is 28.9 Å². The Labute approximate surface area is 184 Å². The van der Waals surface area contributed by atoms with E-state index in [0.717, 1.165) is 43.9 Å². The fraction of sp³-hybridized carbons (Fsp3) is 0.370. The number of nitrogens with one attached hydrogen (secondary N) is 1. The number of benzene rings is 2. The fourth-order valence-corrected chi connectivity index (χ4v) is 4.90. The molecular weight excluding hydrogens is 384 g/mol. The lowest BCUT2D eigenvalue weighted by molar-refractivity contribution is 0.0858. The van der Waals surface area contributed by atoms with Crippen molar-refractivity contribution in [3.05, 3.63) is 77.5 Å². The molecule has 5 rings (SSSR count). The molecule has 1 N–H and O–H groups in total. The summed E-state index contributed by atoms with van der Waals surface area (Å²) in [6, 6.07) is 21.0. The molecule has 1 fully saturated rings. The van der Waals surface area contributed by atoms with Crippen molar-refractivity contribution < 1.29 is 9.53 Å². The molecule has 2 heterocycles. The van der Waals surface area contributed by atoms with Crippen LogP contribution in [0.4, 0.5) is 0 Å². The third kappa shape index (κ3) is 4.17. The Kier molecular flexibility index (Phi) is 5.65. The number of rotatable bonds is 5. The minimum atomic E-state index is -0.0336.